The van der Waals surface area contributed by atoms with Gasteiger partial charge in [0, 0.05) is 18.9 Å². The van der Waals surface area contributed by atoms with Crippen LogP contribution >= 0.6 is 0 Å². The first-order chi connectivity index (χ1) is 9.75. The van der Waals surface area contributed by atoms with Gasteiger partial charge in [0.1, 0.15) is 0 Å². The maximum Gasteiger partial charge on any atom is 0.217 e. The highest BCUT2D eigenvalue weighted by atomic mass is 16.1. The summed E-state index contributed by atoms with van der Waals surface area (Å²) in [5, 5.41) is 3.25. The highest BCUT2D eigenvalue weighted by molar-refractivity contribution is 5.73. The molecule has 1 aromatic rings. The Balaban J connectivity index is 1.86. The molecular weight excluding hydrogens is 248 g/mol. The van der Waals surface area contributed by atoms with Gasteiger partial charge in [-0.25, -0.2) is 0 Å². The molecule has 0 radical (unpaired) electrons. The maximum absolute atomic E-state index is 11.6. The average Bonchev–Trinajstić information content (AvgIpc) is 2.48. The second-order valence-corrected chi connectivity index (χ2v) is 6.13. The SMILES string of the molecule is CC(=O)N[C@H]1C(c2ccccc2)CCN2CCCC[C@H]12. The highest BCUT2D eigenvalue weighted by Crippen LogP contribution is 2.35. The molecule has 3 nitrogen and oxygen atoms in total. The molecule has 20 heavy (non-hydrogen) atoms. The first kappa shape index (κ1) is 13.6. The molecule has 0 spiro atoms. The molecule has 0 aromatic heterocycles. The predicted molar refractivity (Wildman–Crippen MR) is 80.6 cm³/mol. The van der Waals surface area contributed by atoms with Gasteiger partial charge < -0.3 is 5.32 Å². The van der Waals surface area contributed by atoms with E-state index in [9.17, 15) is 4.79 Å². The summed E-state index contributed by atoms with van der Waals surface area (Å²) in [7, 11) is 0. The minimum atomic E-state index is 0.100. The first-order valence-corrected chi connectivity index (χ1v) is 7.82. The van der Waals surface area contributed by atoms with Gasteiger partial charge in [-0.05, 0) is 37.9 Å². The highest BCUT2D eigenvalue weighted by Gasteiger charge is 2.39. The van der Waals surface area contributed by atoms with Crippen molar-refractivity contribution in [2.45, 2.75) is 50.6 Å². The molecule has 2 aliphatic heterocycles. The average molecular weight is 272 g/mol. The zero-order valence-corrected chi connectivity index (χ0v) is 12.2. The number of hydrogen-bond acceptors (Lipinski definition) is 2. The van der Waals surface area contributed by atoms with Crippen molar-refractivity contribution in [3.8, 4) is 0 Å². The van der Waals surface area contributed by atoms with Crippen molar-refractivity contribution in [3.63, 3.8) is 0 Å². The van der Waals surface area contributed by atoms with Crippen LogP contribution in [0.25, 0.3) is 0 Å². The molecule has 108 valence electrons. The fourth-order valence-electron chi connectivity index (χ4n) is 3.96. The Labute approximate surface area is 121 Å². The monoisotopic (exact) mass is 272 g/mol. The summed E-state index contributed by atoms with van der Waals surface area (Å²) in [6.07, 6.45) is 4.96. The lowest BCUT2D eigenvalue weighted by atomic mass is 9.77. The Bertz CT molecular complexity index is 459. The molecule has 1 N–H and O–H groups in total. The number of nitrogens with zero attached hydrogens (tertiary/aromatic N) is 1. The second kappa shape index (κ2) is 5.96. The van der Waals surface area contributed by atoms with Crippen molar-refractivity contribution in [1.29, 1.82) is 0 Å². The van der Waals surface area contributed by atoms with Crippen LogP contribution in [-0.4, -0.2) is 36.0 Å². The number of carbonyl (C=O) groups is 1. The number of rotatable bonds is 2. The number of nitrogens with one attached hydrogen (secondary N) is 1. The fourth-order valence-corrected chi connectivity index (χ4v) is 3.96. The third-order valence-corrected chi connectivity index (χ3v) is 4.84. The molecule has 0 bridgehead atoms. The van der Waals surface area contributed by atoms with E-state index >= 15 is 0 Å². The quantitative estimate of drug-likeness (QED) is 0.897. The summed E-state index contributed by atoms with van der Waals surface area (Å²) >= 11 is 0. The minimum Gasteiger partial charge on any atom is -0.351 e. The summed E-state index contributed by atoms with van der Waals surface area (Å²) < 4.78 is 0. The van der Waals surface area contributed by atoms with Crippen molar-refractivity contribution < 1.29 is 4.79 Å². The molecule has 0 aliphatic carbocycles. The van der Waals surface area contributed by atoms with Crippen LogP contribution in [0.2, 0.25) is 0 Å². The molecule has 2 aliphatic rings. The van der Waals surface area contributed by atoms with E-state index in [-0.39, 0.29) is 11.9 Å². The lowest BCUT2D eigenvalue weighted by Gasteiger charge is -2.48. The van der Waals surface area contributed by atoms with Crippen LogP contribution in [0.1, 0.15) is 44.1 Å². The van der Waals surface area contributed by atoms with Gasteiger partial charge in [-0.1, -0.05) is 36.8 Å². The molecular formula is C17H24N2O. The Morgan fingerprint density at radius 1 is 1.15 bits per heavy atom. The molecule has 3 atom stereocenters. The summed E-state index contributed by atoms with van der Waals surface area (Å²) in [6.45, 7) is 4.01. The first-order valence-electron chi connectivity index (χ1n) is 7.82. The van der Waals surface area contributed by atoms with E-state index in [4.69, 9.17) is 0 Å². The standard InChI is InChI=1S/C17H24N2O/c1-13(20)18-17-15(14-7-3-2-4-8-14)10-12-19-11-6-5-9-16(17)19/h2-4,7-8,15-17H,5-6,9-12H2,1H3,(H,18,20)/t15?,16-,17+/m1/s1. The topological polar surface area (TPSA) is 32.3 Å². The van der Waals surface area contributed by atoms with Crippen LogP contribution in [0.3, 0.4) is 0 Å². The van der Waals surface area contributed by atoms with Crippen LogP contribution in [0.5, 0.6) is 0 Å². The normalized spacial score (nSPS) is 30.6. The van der Waals surface area contributed by atoms with Crippen LogP contribution in [0.4, 0.5) is 0 Å². The van der Waals surface area contributed by atoms with Gasteiger partial charge in [0.25, 0.3) is 0 Å². The molecule has 1 aromatic carbocycles. The second-order valence-electron chi connectivity index (χ2n) is 6.13. The van der Waals surface area contributed by atoms with Crippen LogP contribution < -0.4 is 5.32 Å². The van der Waals surface area contributed by atoms with Gasteiger partial charge in [-0.2, -0.15) is 0 Å². The Morgan fingerprint density at radius 3 is 2.70 bits per heavy atom. The zero-order chi connectivity index (χ0) is 13.9. The van der Waals surface area contributed by atoms with E-state index in [0.717, 1.165) is 6.42 Å². The minimum absolute atomic E-state index is 0.100. The number of hydrogen-bond donors (Lipinski definition) is 1. The van der Waals surface area contributed by atoms with Crippen molar-refractivity contribution in [1.82, 2.24) is 10.2 Å². The molecule has 1 unspecified atom stereocenters. The van der Waals surface area contributed by atoms with Gasteiger partial charge in [0.15, 0.2) is 0 Å². The third kappa shape index (κ3) is 2.73. The van der Waals surface area contributed by atoms with Gasteiger partial charge in [0.05, 0.1) is 6.04 Å². The fraction of sp³-hybridized carbons (Fsp3) is 0.588. The van der Waals surface area contributed by atoms with Crippen molar-refractivity contribution in [2.24, 2.45) is 0 Å². The van der Waals surface area contributed by atoms with Crippen molar-refractivity contribution >= 4 is 5.91 Å². The Kier molecular flexibility index (Phi) is 4.06. The van der Waals surface area contributed by atoms with E-state index in [2.05, 4.69) is 40.5 Å². The molecule has 0 saturated carbocycles. The molecule has 1 amide bonds. The Hall–Kier alpha value is -1.35. The largest absolute Gasteiger partial charge is 0.351 e. The molecule has 2 saturated heterocycles. The van der Waals surface area contributed by atoms with Gasteiger partial charge in [0.2, 0.25) is 5.91 Å². The van der Waals surface area contributed by atoms with E-state index in [1.54, 1.807) is 6.92 Å². The summed E-state index contributed by atoms with van der Waals surface area (Å²) in [5.41, 5.74) is 1.37. The smallest absolute Gasteiger partial charge is 0.217 e. The van der Waals surface area contributed by atoms with Crippen molar-refractivity contribution in [2.75, 3.05) is 13.1 Å². The molecule has 3 rings (SSSR count). The molecule has 2 fully saturated rings. The van der Waals surface area contributed by atoms with Crippen LogP contribution in [0, 0.1) is 0 Å². The van der Waals surface area contributed by atoms with Gasteiger partial charge in [-0.15, -0.1) is 0 Å². The van der Waals surface area contributed by atoms with E-state index in [1.165, 1.54) is 37.9 Å². The zero-order valence-electron chi connectivity index (χ0n) is 12.2. The van der Waals surface area contributed by atoms with E-state index in [0.29, 0.717) is 12.0 Å². The third-order valence-electron chi connectivity index (χ3n) is 4.84. The van der Waals surface area contributed by atoms with Crippen molar-refractivity contribution in [3.05, 3.63) is 35.9 Å². The van der Waals surface area contributed by atoms with Gasteiger partial charge >= 0.3 is 0 Å². The summed E-state index contributed by atoms with van der Waals surface area (Å²) in [4.78, 5) is 14.2. The predicted octanol–water partition coefficient (Wildman–Crippen LogP) is 2.53. The number of fused-ring (bicyclic) bond motifs is 1. The molecule has 3 heteroatoms. The number of amides is 1. The van der Waals surface area contributed by atoms with E-state index < -0.39 is 0 Å². The lowest BCUT2D eigenvalue weighted by molar-refractivity contribution is -0.121. The van der Waals surface area contributed by atoms with E-state index in [1.807, 2.05) is 0 Å². The molecule has 2 heterocycles. The summed E-state index contributed by atoms with van der Waals surface area (Å²) in [5.74, 6) is 0.558. The van der Waals surface area contributed by atoms with Gasteiger partial charge in [-0.3, -0.25) is 9.69 Å². The number of piperidine rings is 2. The Morgan fingerprint density at radius 2 is 1.95 bits per heavy atom. The van der Waals surface area contributed by atoms with Crippen LogP contribution in [-0.2, 0) is 4.79 Å². The number of benzene rings is 1. The van der Waals surface area contributed by atoms with Crippen LogP contribution in [0.15, 0.2) is 30.3 Å². The summed E-state index contributed by atoms with van der Waals surface area (Å²) in [6, 6.07) is 11.5. The number of carbonyl (C=O) groups excluding carboxylic acids is 1. The lowest BCUT2D eigenvalue weighted by Crippen LogP contribution is -2.59. The maximum atomic E-state index is 11.6.